The van der Waals surface area contributed by atoms with E-state index in [-0.39, 0.29) is 17.4 Å². The van der Waals surface area contributed by atoms with Crippen LogP contribution in [0.3, 0.4) is 0 Å². The summed E-state index contributed by atoms with van der Waals surface area (Å²) < 4.78 is 18.9. The van der Waals surface area contributed by atoms with Gasteiger partial charge in [-0.25, -0.2) is 0 Å². The number of hydrogen-bond donors (Lipinski definition) is 1. The van der Waals surface area contributed by atoms with Crippen molar-refractivity contribution < 1.29 is 13.4 Å². The lowest BCUT2D eigenvalue weighted by Gasteiger charge is -2.04. The van der Waals surface area contributed by atoms with Crippen LogP contribution in [-0.4, -0.2) is 10.1 Å². The Hall–Kier alpha value is -1.89. The van der Waals surface area contributed by atoms with Crippen molar-refractivity contribution in [3.8, 4) is 0 Å². The molecule has 1 unspecified atom stereocenters. The Balaban J connectivity index is 1.61. The molecule has 134 valence electrons. The van der Waals surface area contributed by atoms with Crippen molar-refractivity contribution in [1.82, 2.24) is 5.32 Å². The van der Waals surface area contributed by atoms with Gasteiger partial charge in [-0.05, 0) is 42.0 Å². The van der Waals surface area contributed by atoms with E-state index in [0.29, 0.717) is 22.2 Å². The zero-order valence-electron chi connectivity index (χ0n) is 13.6. The maximum Gasteiger partial charge on any atom is 0.287 e. The summed E-state index contributed by atoms with van der Waals surface area (Å²) in [5.74, 6) is 0.490. The summed E-state index contributed by atoms with van der Waals surface area (Å²) in [6.45, 7) is 0.389. The van der Waals surface area contributed by atoms with E-state index in [0.717, 1.165) is 10.0 Å². The van der Waals surface area contributed by atoms with Crippen LogP contribution in [0.2, 0.25) is 5.02 Å². The van der Waals surface area contributed by atoms with E-state index in [1.54, 1.807) is 36.4 Å². The Kier molecular flexibility index (Phi) is 6.29. The first-order valence-corrected chi connectivity index (χ1v) is 10.3. The van der Waals surface area contributed by atoms with E-state index in [9.17, 15) is 9.00 Å². The molecule has 0 bridgehead atoms. The molecule has 1 heterocycles. The maximum atomic E-state index is 12.4. The second-order valence-corrected chi connectivity index (χ2v) is 8.24. The van der Waals surface area contributed by atoms with E-state index < -0.39 is 10.8 Å². The lowest BCUT2D eigenvalue weighted by molar-refractivity contribution is 0.0921. The first-order valence-electron chi connectivity index (χ1n) is 7.77. The van der Waals surface area contributed by atoms with Gasteiger partial charge in [0, 0.05) is 11.0 Å². The monoisotopic (exact) mass is 451 g/mol. The highest BCUT2D eigenvalue weighted by Crippen LogP contribution is 2.22. The average molecular weight is 453 g/mol. The number of furan rings is 1. The van der Waals surface area contributed by atoms with Crippen LogP contribution in [0, 0.1) is 0 Å². The molecule has 26 heavy (non-hydrogen) atoms. The van der Waals surface area contributed by atoms with Crippen molar-refractivity contribution in [2.24, 2.45) is 0 Å². The maximum absolute atomic E-state index is 12.4. The fourth-order valence-electron chi connectivity index (χ4n) is 2.33. The van der Waals surface area contributed by atoms with Gasteiger partial charge in [0.2, 0.25) is 0 Å². The van der Waals surface area contributed by atoms with Crippen molar-refractivity contribution in [1.29, 1.82) is 0 Å². The summed E-state index contributed by atoms with van der Waals surface area (Å²) in [6.07, 6.45) is 0. The van der Waals surface area contributed by atoms with Gasteiger partial charge in [0.05, 0.1) is 26.5 Å². The van der Waals surface area contributed by atoms with Crippen molar-refractivity contribution in [3.05, 3.63) is 87.2 Å². The minimum atomic E-state index is -1.34. The van der Waals surface area contributed by atoms with Crippen LogP contribution in [0.15, 0.2) is 74.4 Å². The minimum absolute atomic E-state index is 0.155. The van der Waals surface area contributed by atoms with Gasteiger partial charge >= 0.3 is 0 Å². The first kappa shape index (κ1) is 18.9. The van der Waals surface area contributed by atoms with Crippen molar-refractivity contribution in [3.63, 3.8) is 0 Å². The second-order valence-electron chi connectivity index (χ2n) is 5.50. The molecule has 0 fully saturated rings. The number of carbonyl (C=O) groups is 1. The van der Waals surface area contributed by atoms with Crippen LogP contribution in [-0.2, 0) is 23.1 Å². The number of rotatable bonds is 6. The van der Waals surface area contributed by atoms with Crippen molar-refractivity contribution in [2.45, 2.75) is 17.2 Å². The van der Waals surface area contributed by atoms with Gasteiger partial charge in [0.15, 0.2) is 5.76 Å². The zero-order valence-corrected chi connectivity index (χ0v) is 16.7. The van der Waals surface area contributed by atoms with Gasteiger partial charge in [-0.15, -0.1) is 0 Å². The first-order chi connectivity index (χ1) is 12.5. The number of halogens is 2. The molecule has 7 heteroatoms. The standard InChI is InChI=1S/C19H15BrClNO3S/c20-14-5-3-4-13(10-14)11-22-19(23)17-9-8-15(25-17)12-26(24)18-7-2-1-6-16(18)21/h1-10H,11-12H2,(H,22,23). The molecule has 4 nitrogen and oxygen atoms in total. The SMILES string of the molecule is O=C(NCc1cccc(Br)c1)c1ccc(CS(=O)c2ccccc2Cl)o1. The topological polar surface area (TPSA) is 59.3 Å². The fourth-order valence-corrected chi connectivity index (χ4v) is 4.26. The van der Waals surface area contributed by atoms with E-state index in [2.05, 4.69) is 21.2 Å². The Morgan fingerprint density at radius 3 is 2.69 bits per heavy atom. The molecule has 1 atom stereocenters. The quantitative estimate of drug-likeness (QED) is 0.577. The summed E-state index contributed by atoms with van der Waals surface area (Å²) in [5, 5.41) is 3.25. The van der Waals surface area contributed by atoms with Crippen LogP contribution < -0.4 is 5.32 Å². The lowest BCUT2D eigenvalue weighted by atomic mass is 10.2. The van der Waals surface area contributed by atoms with Gasteiger partial charge in [-0.1, -0.05) is 51.8 Å². The summed E-state index contributed by atoms with van der Waals surface area (Å²) in [7, 11) is -1.34. The normalized spacial score (nSPS) is 11.9. The smallest absolute Gasteiger partial charge is 0.287 e. The van der Waals surface area contributed by atoms with Crippen molar-refractivity contribution >= 4 is 44.2 Å². The molecular weight excluding hydrogens is 438 g/mol. The number of amides is 1. The highest BCUT2D eigenvalue weighted by atomic mass is 79.9. The predicted molar refractivity (Wildman–Crippen MR) is 106 cm³/mol. The van der Waals surface area contributed by atoms with Gasteiger partial charge < -0.3 is 9.73 Å². The van der Waals surface area contributed by atoms with Crippen molar-refractivity contribution in [2.75, 3.05) is 0 Å². The molecule has 0 radical (unpaired) electrons. The number of hydrogen-bond acceptors (Lipinski definition) is 3. The summed E-state index contributed by atoms with van der Waals surface area (Å²) in [4.78, 5) is 12.8. The minimum Gasteiger partial charge on any atom is -0.455 e. The third kappa shape index (κ3) is 4.84. The van der Waals surface area contributed by atoms with Crippen LogP contribution in [0.25, 0.3) is 0 Å². The number of carbonyl (C=O) groups excluding carboxylic acids is 1. The Labute approximate surface area is 167 Å². The van der Waals surface area contributed by atoms with Crippen LogP contribution in [0.4, 0.5) is 0 Å². The van der Waals surface area contributed by atoms with E-state index in [1.165, 1.54) is 0 Å². The fraction of sp³-hybridized carbons (Fsp3) is 0.105. The molecule has 1 amide bonds. The molecule has 0 aliphatic heterocycles. The van der Waals surface area contributed by atoms with E-state index >= 15 is 0 Å². The van der Waals surface area contributed by atoms with Crippen LogP contribution in [0.1, 0.15) is 21.9 Å². The molecule has 0 spiro atoms. The molecule has 3 aromatic rings. The zero-order chi connectivity index (χ0) is 18.5. The van der Waals surface area contributed by atoms with Crippen LogP contribution in [0.5, 0.6) is 0 Å². The third-order valence-corrected chi connectivity index (χ3v) is 5.91. The van der Waals surface area contributed by atoms with Gasteiger partial charge in [-0.2, -0.15) is 0 Å². The Bertz CT molecular complexity index is 957. The van der Waals surface area contributed by atoms with Gasteiger partial charge in [0.1, 0.15) is 5.76 Å². The lowest BCUT2D eigenvalue weighted by Crippen LogP contribution is -2.22. The molecule has 0 aliphatic carbocycles. The average Bonchev–Trinajstić information content (AvgIpc) is 3.08. The largest absolute Gasteiger partial charge is 0.455 e. The Morgan fingerprint density at radius 2 is 1.92 bits per heavy atom. The molecule has 1 N–H and O–H groups in total. The van der Waals surface area contributed by atoms with Gasteiger partial charge in [-0.3, -0.25) is 9.00 Å². The van der Waals surface area contributed by atoms with E-state index in [1.807, 2.05) is 24.3 Å². The predicted octanol–water partition coefficient (Wildman–Crippen LogP) is 4.93. The Morgan fingerprint density at radius 1 is 1.12 bits per heavy atom. The van der Waals surface area contributed by atoms with Crippen LogP contribution >= 0.6 is 27.5 Å². The highest BCUT2D eigenvalue weighted by molar-refractivity contribution is 9.10. The highest BCUT2D eigenvalue weighted by Gasteiger charge is 2.15. The van der Waals surface area contributed by atoms with Gasteiger partial charge in [0.25, 0.3) is 5.91 Å². The molecule has 3 rings (SSSR count). The van der Waals surface area contributed by atoms with E-state index in [4.69, 9.17) is 16.0 Å². The number of benzene rings is 2. The number of nitrogens with one attached hydrogen (secondary N) is 1. The summed E-state index contributed by atoms with van der Waals surface area (Å²) >= 11 is 9.46. The molecule has 0 aliphatic rings. The third-order valence-electron chi connectivity index (χ3n) is 3.58. The molecule has 0 saturated carbocycles. The molecular formula is C19H15BrClNO3S. The molecule has 0 saturated heterocycles. The second kappa shape index (κ2) is 8.66. The molecule has 2 aromatic carbocycles. The summed E-state index contributed by atoms with van der Waals surface area (Å²) in [6, 6.07) is 17.9. The molecule has 1 aromatic heterocycles. The summed E-state index contributed by atoms with van der Waals surface area (Å²) in [5.41, 5.74) is 0.972.